The second-order valence-corrected chi connectivity index (χ2v) is 7.95. The van der Waals surface area contributed by atoms with Gasteiger partial charge in [-0.25, -0.2) is 0 Å². The van der Waals surface area contributed by atoms with Crippen molar-refractivity contribution in [3.05, 3.63) is 20.3 Å². The van der Waals surface area contributed by atoms with Gasteiger partial charge in [-0.15, -0.1) is 11.3 Å². The molecule has 2 aliphatic heterocycles. The standard InChI is InChI=1S/C14H17BrN2O2S/c1-8-6-11(20-13(8)15)14(19)17-5-4-10-9(7-17)2-3-12(18)16-10/h6,9-10H,2-5,7H2,1H3,(H,16,18). The third kappa shape index (κ3) is 2.63. The summed E-state index contributed by atoms with van der Waals surface area (Å²) >= 11 is 4.97. The highest BCUT2D eigenvalue weighted by Crippen LogP contribution is 2.31. The molecule has 0 bridgehead atoms. The molecule has 3 rings (SSSR count). The van der Waals surface area contributed by atoms with Gasteiger partial charge < -0.3 is 10.2 Å². The molecule has 2 atom stereocenters. The number of fused-ring (bicyclic) bond motifs is 1. The zero-order valence-electron chi connectivity index (χ0n) is 11.3. The summed E-state index contributed by atoms with van der Waals surface area (Å²) in [5.74, 6) is 0.692. The van der Waals surface area contributed by atoms with Crippen molar-refractivity contribution in [3.63, 3.8) is 0 Å². The van der Waals surface area contributed by atoms with E-state index in [-0.39, 0.29) is 17.9 Å². The van der Waals surface area contributed by atoms with Crippen LogP contribution in [-0.2, 0) is 4.79 Å². The summed E-state index contributed by atoms with van der Waals surface area (Å²) in [5.41, 5.74) is 1.11. The molecule has 0 aromatic carbocycles. The van der Waals surface area contributed by atoms with E-state index in [0.29, 0.717) is 12.3 Å². The number of nitrogens with one attached hydrogen (secondary N) is 1. The summed E-state index contributed by atoms with van der Waals surface area (Å²) in [6.07, 6.45) is 2.36. The average molecular weight is 357 g/mol. The molecule has 2 amide bonds. The lowest BCUT2D eigenvalue weighted by Gasteiger charge is -2.41. The van der Waals surface area contributed by atoms with Crippen LogP contribution in [0.5, 0.6) is 0 Å². The van der Waals surface area contributed by atoms with Crippen molar-refractivity contribution >= 4 is 39.1 Å². The molecule has 1 aromatic heterocycles. The van der Waals surface area contributed by atoms with Crippen LogP contribution in [0.3, 0.4) is 0 Å². The molecule has 0 saturated carbocycles. The van der Waals surface area contributed by atoms with Crippen LogP contribution >= 0.6 is 27.3 Å². The van der Waals surface area contributed by atoms with Gasteiger partial charge in [-0.2, -0.15) is 0 Å². The van der Waals surface area contributed by atoms with Gasteiger partial charge in [-0.1, -0.05) is 0 Å². The summed E-state index contributed by atoms with van der Waals surface area (Å²) in [4.78, 5) is 26.7. The Morgan fingerprint density at radius 2 is 2.30 bits per heavy atom. The topological polar surface area (TPSA) is 49.4 Å². The van der Waals surface area contributed by atoms with Crippen LogP contribution in [0.4, 0.5) is 0 Å². The molecular formula is C14H17BrN2O2S. The zero-order valence-corrected chi connectivity index (χ0v) is 13.7. The molecule has 0 spiro atoms. The van der Waals surface area contributed by atoms with Crippen molar-refractivity contribution in [1.29, 1.82) is 0 Å². The van der Waals surface area contributed by atoms with Gasteiger partial charge in [0.1, 0.15) is 0 Å². The number of carbonyl (C=O) groups excluding carboxylic acids is 2. The summed E-state index contributed by atoms with van der Waals surface area (Å²) < 4.78 is 1.03. The maximum Gasteiger partial charge on any atom is 0.263 e. The van der Waals surface area contributed by atoms with E-state index >= 15 is 0 Å². The predicted octanol–water partition coefficient (Wildman–Crippen LogP) is 2.56. The van der Waals surface area contributed by atoms with Crippen LogP contribution in [0.25, 0.3) is 0 Å². The molecule has 2 fully saturated rings. The quantitative estimate of drug-likeness (QED) is 0.840. The minimum absolute atomic E-state index is 0.124. The van der Waals surface area contributed by atoms with E-state index in [9.17, 15) is 9.59 Å². The Labute approximate surface area is 130 Å². The monoisotopic (exact) mass is 356 g/mol. The van der Waals surface area contributed by atoms with Gasteiger partial charge >= 0.3 is 0 Å². The fraction of sp³-hybridized carbons (Fsp3) is 0.571. The van der Waals surface area contributed by atoms with E-state index in [0.717, 1.165) is 40.2 Å². The number of rotatable bonds is 1. The minimum Gasteiger partial charge on any atom is -0.353 e. The number of piperidine rings is 2. The van der Waals surface area contributed by atoms with E-state index in [1.807, 2.05) is 17.9 Å². The van der Waals surface area contributed by atoms with Gasteiger partial charge in [-0.05, 0) is 53.2 Å². The second kappa shape index (κ2) is 5.48. The first-order chi connectivity index (χ1) is 9.54. The van der Waals surface area contributed by atoms with E-state index in [4.69, 9.17) is 0 Å². The Kier molecular flexibility index (Phi) is 3.86. The lowest BCUT2D eigenvalue weighted by atomic mass is 9.85. The Morgan fingerprint density at radius 3 is 3.00 bits per heavy atom. The first-order valence-electron chi connectivity index (χ1n) is 6.89. The molecule has 0 radical (unpaired) electrons. The lowest BCUT2D eigenvalue weighted by Crippen LogP contribution is -2.55. The second-order valence-electron chi connectivity index (χ2n) is 5.58. The Bertz CT molecular complexity index is 538. The largest absolute Gasteiger partial charge is 0.353 e. The van der Waals surface area contributed by atoms with Crippen molar-refractivity contribution in [2.45, 2.75) is 32.2 Å². The number of hydrogen-bond donors (Lipinski definition) is 1. The molecule has 6 heteroatoms. The Hall–Kier alpha value is -0.880. The number of thiophene rings is 1. The highest BCUT2D eigenvalue weighted by atomic mass is 79.9. The smallest absolute Gasteiger partial charge is 0.263 e. The van der Waals surface area contributed by atoms with Crippen LogP contribution < -0.4 is 5.32 Å². The molecule has 108 valence electrons. The number of amides is 2. The van der Waals surface area contributed by atoms with Gasteiger partial charge in [0, 0.05) is 25.6 Å². The highest BCUT2D eigenvalue weighted by molar-refractivity contribution is 9.11. The predicted molar refractivity (Wildman–Crippen MR) is 81.9 cm³/mol. The number of halogens is 1. The summed E-state index contributed by atoms with van der Waals surface area (Å²) in [7, 11) is 0. The van der Waals surface area contributed by atoms with Crippen molar-refractivity contribution in [2.24, 2.45) is 5.92 Å². The van der Waals surface area contributed by atoms with Crippen LogP contribution in [0, 0.1) is 12.8 Å². The molecule has 3 heterocycles. The van der Waals surface area contributed by atoms with Crippen LogP contribution in [0.2, 0.25) is 0 Å². The molecular weight excluding hydrogens is 340 g/mol. The Morgan fingerprint density at radius 1 is 1.50 bits per heavy atom. The first kappa shape index (κ1) is 14.1. The van der Waals surface area contributed by atoms with Crippen LogP contribution in [0.15, 0.2) is 9.85 Å². The Balaban J connectivity index is 1.70. The fourth-order valence-corrected chi connectivity index (χ4v) is 4.52. The molecule has 0 aliphatic carbocycles. The maximum atomic E-state index is 12.5. The molecule has 1 aromatic rings. The number of carbonyl (C=O) groups is 2. The summed E-state index contributed by atoms with van der Waals surface area (Å²) in [6, 6.07) is 2.21. The fourth-order valence-electron chi connectivity index (χ4n) is 3.02. The third-order valence-corrected chi connectivity index (χ3v) is 6.30. The van der Waals surface area contributed by atoms with Gasteiger partial charge in [0.25, 0.3) is 5.91 Å². The van der Waals surface area contributed by atoms with Gasteiger partial charge in [0.2, 0.25) is 5.91 Å². The van der Waals surface area contributed by atoms with Gasteiger partial charge in [0.15, 0.2) is 0 Å². The normalized spacial score (nSPS) is 26.1. The molecule has 4 nitrogen and oxygen atoms in total. The molecule has 2 saturated heterocycles. The van der Waals surface area contributed by atoms with Crippen molar-refractivity contribution in [3.8, 4) is 0 Å². The van der Waals surface area contributed by atoms with E-state index in [1.165, 1.54) is 11.3 Å². The average Bonchev–Trinajstić information content (AvgIpc) is 2.77. The van der Waals surface area contributed by atoms with E-state index in [1.54, 1.807) is 0 Å². The highest BCUT2D eigenvalue weighted by Gasteiger charge is 2.35. The summed E-state index contributed by atoms with van der Waals surface area (Å²) in [6.45, 7) is 3.49. The van der Waals surface area contributed by atoms with E-state index in [2.05, 4.69) is 21.2 Å². The maximum absolute atomic E-state index is 12.5. The van der Waals surface area contributed by atoms with Crippen LogP contribution in [-0.4, -0.2) is 35.8 Å². The number of aryl methyl sites for hydroxylation is 1. The van der Waals surface area contributed by atoms with Crippen molar-refractivity contribution in [1.82, 2.24) is 10.2 Å². The molecule has 1 N–H and O–H groups in total. The number of hydrogen-bond acceptors (Lipinski definition) is 3. The van der Waals surface area contributed by atoms with Crippen LogP contribution in [0.1, 0.15) is 34.5 Å². The van der Waals surface area contributed by atoms with Crippen molar-refractivity contribution < 1.29 is 9.59 Å². The molecule has 2 aliphatic rings. The minimum atomic E-state index is 0.124. The van der Waals surface area contributed by atoms with Crippen molar-refractivity contribution in [2.75, 3.05) is 13.1 Å². The molecule has 2 unspecified atom stereocenters. The molecule has 20 heavy (non-hydrogen) atoms. The summed E-state index contributed by atoms with van der Waals surface area (Å²) in [5, 5.41) is 3.05. The van der Waals surface area contributed by atoms with Gasteiger partial charge in [0.05, 0.1) is 8.66 Å². The SMILES string of the molecule is Cc1cc(C(=O)N2CCC3NC(=O)CCC3C2)sc1Br. The van der Waals surface area contributed by atoms with Gasteiger partial charge in [-0.3, -0.25) is 9.59 Å². The first-order valence-corrected chi connectivity index (χ1v) is 8.50. The third-order valence-electron chi connectivity index (χ3n) is 4.18. The number of likely N-dealkylation sites (tertiary alicyclic amines) is 1. The lowest BCUT2D eigenvalue weighted by molar-refractivity contribution is -0.125. The van der Waals surface area contributed by atoms with E-state index < -0.39 is 0 Å². The zero-order chi connectivity index (χ0) is 14.3. The number of nitrogens with zero attached hydrogens (tertiary/aromatic N) is 1.